The van der Waals surface area contributed by atoms with Crippen molar-refractivity contribution in [3.05, 3.63) is 0 Å². The Morgan fingerprint density at radius 2 is 2.11 bits per heavy atom. The number of rotatable bonds is 7. The molecule has 0 heterocycles. The van der Waals surface area contributed by atoms with Gasteiger partial charge >= 0.3 is 0 Å². The van der Waals surface area contributed by atoms with Gasteiger partial charge in [-0.3, -0.25) is 9.59 Å². The number of nitrogens with two attached hydrogens (primary N) is 1. The van der Waals surface area contributed by atoms with Crippen LogP contribution < -0.4 is 16.4 Å². The van der Waals surface area contributed by atoms with E-state index in [0.29, 0.717) is 19.6 Å². The molecule has 6 nitrogen and oxygen atoms in total. The second-order valence-corrected chi connectivity index (χ2v) is 4.97. The van der Waals surface area contributed by atoms with Gasteiger partial charge in [0.1, 0.15) is 6.04 Å². The minimum Gasteiger partial charge on any atom is -0.383 e. The van der Waals surface area contributed by atoms with Gasteiger partial charge in [-0.15, -0.1) is 0 Å². The van der Waals surface area contributed by atoms with Gasteiger partial charge in [0, 0.05) is 25.6 Å². The first-order valence-electron chi connectivity index (χ1n) is 6.32. The fraction of sp³-hybridized carbons (Fsp3) is 0.833. The molecule has 0 aromatic heterocycles. The van der Waals surface area contributed by atoms with Crippen LogP contribution in [0.5, 0.6) is 0 Å². The number of hydrogen-bond acceptors (Lipinski definition) is 4. The van der Waals surface area contributed by atoms with Crippen LogP contribution in [-0.4, -0.2) is 43.7 Å². The van der Waals surface area contributed by atoms with Crippen LogP contribution >= 0.6 is 0 Å². The number of carbonyl (C=O) groups excluding carboxylic acids is 2. The first-order chi connectivity index (χ1) is 8.47. The lowest BCUT2D eigenvalue weighted by atomic mass is 9.75. The van der Waals surface area contributed by atoms with E-state index in [4.69, 9.17) is 10.5 Å². The predicted octanol–water partition coefficient (Wildman–Crippen LogP) is -0.475. The number of hydrogen-bond donors (Lipinski definition) is 3. The van der Waals surface area contributed by atoms with Crippen molar-refractivity contribution in [3.8, 4) is 0 Å². The van der Waals surface area contributed by atoms with E-state index in [-0.39, 0.29) is 17.4 Å². The van der Waals surface area contributed by atoms with Crippen LogP contribution in [0.25, 0.3) is 0 Å². The summed E-state index contributed by atoms with van der Waals surface area (Å²) in [5.41, 5.74) is 5.63. The lowest BCUT2D eigenvalue weighted by Gasteiger charge is -2.37. The van der Waals surface area contributed by atoms with E-state index in [1.54, 1.807) is 14.0 Å². The lowest BCUT2D eigenvalue weighted by molar-refractivity contribution is -0.129. The van der Waals surface area contributed by atoms with Crippen molar-refractivity contribution in [2.24, 2.45) is 5.73 Å². The SMILES string of the molecule is COCCNC(=O)C(C)NC(=O)CC1(N)CCC1. The Balaban J connectivity index is 2.23. The molecule has 0 radical (unpaired) electrons. The molecule has 0 aliphatic heterocycles. The lowest BCUT2D eigenvalue weighted by Crippen LogP contribution is -2.52. The van der Waals surface area contributed by atoms with Gasteiger partial charge in [0.15, 0.2) is 0 Å². The Morgan fingerprint density at radius 3 is 2.61 bits per heavy atom. The molecule has 0 aromatic rings. The summed E-state index contributed by atoms with van der Waals surface area (Å²) in [6, 6.07) is -0.543. The van der Waals surface area contributed by atoms with Gasteiger partial charge < -0.3 is 21.1 Å². The summed E-state index contributed by atoms with van der Waals surface area (Å²) >= 11 is 0. The average Bonchev–Trinajstić information content (AvgIpc) is 2.26. The molecular weight excluding hydrogens is 234 g/mol. The van der Waals surface area contributed by atoms with Crippen molar-refractivity contribution in [1.82, 2.24) is 10.6 Å². The van der Waals surface area contributed by atoms with Gasteiger partial charge in [-0.1, -0.05) is 0 Å². The van der Waals surface area contributed by atoms with Gasteiger partial charge in [-0.05, 0) is 26.2 Å². The number of ether oxygens (including phenoxy) is 1. The van der Waals surface area contributed by atoms with E-state index in [1.807, 2.05) is 0 Å². The molecule has 1 fully saturated rings. The molecule has 18 heavy (non-hydrogen) atoms. The summed E-state index contributed by atoms with van der Waals surface area (Å²) in [6.45, 7) is 2.55. The molecule has 0 spiro atoms. The third kappa shape index (κ3) is 4.62. The van der Waals surface area contributed by atoms with E-state index >= 15 is 0 Å². The van der Waals surface area contributed by atoms with E-state index in [9.17, 15) is 9.59 Å². The van der Waals surface area contributed by atoms with Crippen LogP contribution in [0.4, 0.5) is 0 Å². The van der Waals surface area contributed by atoms with Crippen molar-refractivity contribution < 1.29 is 14.3 Å². The molecular formula is C12H23N3O3. The molecule has 104 valence electrons. The topological polar surface area (TPSA) is 93.5 Å². The Bertz CT molecular complexity index is 303. The molecule has 1 atom stereocenters. The highest BCUT2D eigenvalue weighted by Gasteiger charge is 2.35. The first kappa shape index (κ1) is 14.9. The number of methoxy groups -OCH3 is 1. The maximum atomic E-state index is 11.7. The highest BCUT2D eigenvalue weighted by atomic mass is 16.5. The predicted molar refractivity (Wildman–Crippen MR) is 67.9 cm³/mol. The maximum absolute atomic E-state index is 11.7. The van der Waals surface area contributed by atoms with Gasteiger partial charge in [-0.25, -0.2) is 0 Å². The molecule has 0 aromatic carbocycles. The third-order valence-corrected chi connectivity index (χ3v) is 3.24. The highest BCUT2D eigenvalue weighted by molar-refractivity contribution is 5.87. The zero-order chi connectivity index (χ0) is 13.6. The highest BCUT2D eigenvalue weighted by Crippen LogP contribution is 2.31. The van der Waals surface area contributed by atoms with Crippen LogP contribution in [0.3, 0.4) is 0 Å². The Morgan fingerprint density at radius 1 is 1.44 bits per heavy atom. The van der Waals surface area contributed by atoms with Gasteiger partial charge in [0.05, 0.1) is 6.61 Å². The van der Waals surface area contributed by atoms with Crippen LogP contribution in [0.2, 0.25) is 0 Å². The Labute approximate surface area is 108 Å². The largest absolute Gasteiger partial charge is 0.383 e. The molecule has 6 heteroatoms. The Kier molecular flexibility index (Phi) is 5.55. The summed E-state index contributed by atoms with van der Waals surface area (Å²) in [5.74, 6) is -0.369. The third-order valence-electron chi connectivity index (χ3n) is 3.24. The molecule has 1 aliphatic rings. The van der Waals surface area contributed by atoms with Gasteiger partial charge in [0.25, 0.3) is 0 Å². The molecule has 2 amide bonds. The van der Waals surface area contributed by atoms with E-state index in [1.165, 1.54) is 0 Å². The van der Waals surface area contributed by atoms with E-state index in [0.717, 1.165) is 19.3 Å². The molecule has 4 N–H and O–H groups in total. The Hall–Kier alpha value is -1.14. The van der Waals surface area contributed by atoms with Crippen molar-refractivity contribution in [2.75, 3.05) is 20.3 Å². The second kappa shape index (κ2) is 6.70. The zero-order valence-electron chi connectivity index (χ0n) is 11.1. The molecule has 0 bridgehead atoms. The standard InChI is InChI=1S/C12H23N3O3/c1-9(11(17)14-6-7-18-2)15-10(16)8-12(13)4-3-5-12/h9H,3-8,13H2,1-2H3,(H,14,17)(H,15,16). The van der Waals surface area contributed by atoms with Crippen molar-refractivity contribution in [3.63, 3.8) is 0 Å². The maximum Gasteiger partial charge on any atom is 0.242 e. The van der Waals surface area contributed by atoms with E-state index < -0.39 is 6.04 Å². The second-order valence-electron chi connectivity index (χ2n) is 4.97. The number of nitrogens with one attached hydrogen (secondary N) is 2. The van der Waals surface area contributed by atoms with Crippen molar-refractivity contribution >= 4 is 11.8 Å². The van der Waals surface area contributed by atoms with Crippen LogP contribution in [0.15, 0.2) is 0 Å². The molecule has 1 unspecified atom stereocenters. The monoisotopic (exact) mass is 257 g/mol. The summed E-state index contributed by atoms with van der Waals surface area (Å²) in [6.07, 6.45) is 3.14. The summed E-state index contributed by atoms with van der Waals surface area (Å²) < 4.78 is 4.82. The number of amides is 2. The van der Waals surface area contributed by atoms with Crippen LogP contribution in [-0.2, 0) is 14.3 Å². The summed E-state index contributed by atoms with van der Waals surface area (Å²) in [4.78, 5) is 23.3. The minimum atomic E-state index is -0.543. The molecule has 0 saturated heterocycles. The number of carbonyl (C=O) groups is 2. The normalized spacial score (nSPS) is 18.6. The summed E-state index contributed by atoms with van der Waals surface area (Å²) in [5, 5.41) is 5.33. The molecule has 1 saturated carbocycles. The minimum absolute atomic E-state index is 0.161. The van der Waals surface area contributed by atoms with E-state index in [2.05, 4.69) is 10.6 Å². The van der Waals surface area contributed by atoms with Crippen LogP contribution in [0.1, 0.15) is 32.6 Å². The smallest absolute Gasteiger partial charge is 0.242 e. The van der Waals surface area contributed by atoms with Crippen molar-refractivity contribution in [2.45, 2.75) is 44.2 Å². The fourth-order valence-corrected chi connectivity index (χ4v) is 1.91. The zero-order valence-corrected chi connectivity index (χ0v) is 11.1. The van der Waals surface area contributed by atoms with Gasteiger partial charge in [0.2, 0.25) is 11.8 Å². The first-order valence-corrected chi connectivity index (χ1v) is 6.32. The summed E-state index contributed by atoms with van der Waals surface area (Å²) in [7, 11) is 1.57. The fourth-order valence-electron chi connectivity index (χ4n) is 1.91. The van der Waals surface area contributed by atoms with Gasteiger partial charge in [-0.2, -0.15) is 0 Å². The quantitative estimate of drug-likeness (QED) is 0.537. The van der Waals surface area contributed by atoms with Crippen molar-refractivity contribution in [1.29, 1.82) is 0 Å². The molecule has 1 rings (SSSR count). The molecule has 1 aliphatic carbocycles. The van der Waals surface area contributed by atoms with Crippen LogP contribution in [0, 0.1) is 0 Å². The average molecular weight is 257 g/mol.